The lowest BCUT2D eigenvalue weighted by molar-refractivity contribution is -0.00000546. The summed E-state index contributed by atoms with van der Waals surface area (Å²) < 4.78 is 13.1. The van der Waals surface area contributed by atoms with Crippen LogP contribution in [0.4, 0.5) is 10.1 Å². The molecule has 0 unspecified atom stereocenters. The third kappa shape index (κ3) is 2.81. The maximum Gasteiger partial charge on any atom is 0.220 e. The minimum Gasteiger partial charge on any atom is -1.00 e. The van der Waals surface area contributed by atoms with E-state index in [4.69, 9.17) is 11.5 Å². The molecular formula is C14H18ClFN5-. The van der Waals surface area contributed by atoms with Crippen molar-refractivity contribution >= 4 is 17.6 Å². The van der Waals surface area contributed by atoms with E-state index in [-0.39, 0.29) is 24.2 Å². The van der Waals surface area contributed by atoms with Gasteiger partial charge in [-0.1, -0.05) is 6.42 Å². The largest absolute Gasteiger partial charge is 1.00 e. The van der Waals surface area contributed by atoms with E-state index in [2.05, 4.69) is 9.98 Å². The Hall–Kier alpha value is -1.82. The summed E-state index contributed by atoms with van der Waals surface area (Å²) in [4.78, 5) is 10.5. The first-order chi connectivity index (χ1) is 9.61. The summed E-state index contributed by atoms with van der Waals surface area (Å²) in [6, 6.07) is 6.23. The molecule has 0 aromatic heterocycles. The molecule has 4 N–H and O–H groups in total. The average molecular weight is 311 g/mol. The van der Waals surface area contributed by atoms with Gasteiger partial charge in [-0.25, -0.2) is 9.38 Å². The molecule has 1 aliphatic heterocycles. The zero-order chi connectivity index (χ0) is 14.2. The average Bonchev–Trinajstić information content (AvgIpc) is 2.41. The summed E-state index contributed by atoms with van der Waals surface area (Å²) in [6.07, 6.45) is 5.08. The fraction of sp³-hybridized carbons (Fsp3) is 0.429. The summed E-state index contributed by atoms with van der Waals surface area (Å²) in [6.45, 7) is 0. The number of halogens is 2. The van der Waals surface area contributed by atoms with Crippen molar-refractivity contribution in [2.75, 3.05) is 4.90 Å². The zero-order valence-electron chi connectivity index (χ0n) is 11.6. The third-order valence-corrected chi connectivity index (χ3v) is 3.94. The molecule has 1 aromatic rings. The molecule has 21 heavy (non-hydrogen) atoms. The van der Waals surface area contributed by atoms with Gasteiger partial charge in [-0.05, 0) is 49.9 Å². The lowest BCUT2D eigenvalue weighted by Gasteiger charge is -2.45. The van der Waals surface area contributed by atoms with Crippen LogP contribution in [0.15, 0.2) is 34.3 Å². The Morgan fingerprint density at radius 2 is 1.67 bits per heavy atom. The summed E-state index contributed by atoms with van der Waals surface area (Å²) in [7, 11) is 0. The van der Waals surface area contributed by atoms with Crippen molar-refractivity contribution in [1.82, 2.24) is 0 Å². The van der Waals surface area contributed by atoms with Gasteiger partial charge in [0.05, 0.1) is 0 Å². The Kier molecular flexibility index (Phi) is 4.37. The highest BCUT2D eigenvalue weighted by molar-refractivity contribution is 6.05. The highest BCUT2D eigenvalue weighted by Gasteiger charge is 2.42. The van der Waals surface area contributed by atoms with Crippen LogP contribution in [0, 0.1) is 5.82 Å². The van der Waals surface area contributed by atoms with Gasteiger partial charge in [0.15, 0.2) is 0 Å². The van der Waals surface area contributed by atoms with Crippen LogP contribution in [0.3, 0.4) is 0 Å². The Morgan fingerprint density at radius 1 is 1.05 bits per heavy atom. The van der Waals surface area contributed by atoms with Crippen molar-refractivity contribution in [1.29, 1.82) is 0 Å². The van der Waals surface area contributed by atoms with E-state index >= 15 is 0 Å². The molecule has 1 saturated carbocycles. The summed E-state index contributed by atoms with van der Waals surface area (Å²) in [5.74, 6) is 0.274. The number of aliphatic imine (C=N–C) groups is 2. The number of hydrogen-bond donors (Lipinski definition) is 2. The smallest absolute Gasteiger partial charge is 0.220 e. The van der Waals surface area contributed by atoms with Gasteiger partial charge in [0, 0.05) is 5.69 Å². The highest BCUT2D eigenvalue weighted by atomic mass is 35.5. The predicted molar refractivity (Wildman–Crippen MR) is 77.9 cm³/mol. The van der Waals surface area contributed by atoms with Crippen molar-refractivity contribution in [3.8, 4) is 0 Å². The van der Waals surface area contributed by atoms with Crippen LogP contribution in [0.5, 0.6) is 0 Å². The minimum absolute atomic E-state index is 0. The lowest BCUT2D eigenvalue weighted by Crippen LogP contribution is -3.00. The van der Waals surface area contributed by atoms with E-state index in [9.17, 15) is 4.39 Å². The first-order valence-corrected chi connectivity index (χ1v) is 6.86. The van der Waals surface area contributed by atoms with Crippen LogP contribution in [-0.2, 0) is 0 Å². The molecule has 1 fully saturated rings. The number of rotatable bonds is 1. The maximum atomic E-state index is 13.1. The second-order valence-electron chi connectivity index (χ2n) is 5.29. The second-order valence-corrected chi connectivity index (χ2v) is 5.29. The number of nitrogens with two attached hydrogens (primary N) is 2. The summed E-state index contributed by atoms with van der Waals surface area (Å²) in [5.41, 5.74) is 12.2. The van der Waals surface area contributed by atoms with Crippen molar-refractivity contribution in [3.63, 3.8) is 0 Å². The second kappa shape index (κ2) is 5.89. The van der Waals surface area contributed by atoms with E-state index < -0.39 is 5.66 Å². The summed E-state index contributed by atoms with van der Waals surface area (Å²) >= 11 is 0. The minimum atomic E-state index is -0.466. The normalized spacial score (nSPS) is 20.5. The quantitative estimate of drug-likeness (QED) is 0.694. The van der Waals surface area contributed by atoms with Crippen molar-refractivity contribution < 1.29 is 16.8 Å². The molecule has 0 amide bonds. The van der Waals surface area contributed by atoms with E-state index in [0.717, 1.165) is 31.4 Å². The van der Waals surface area contributed by atoms with Crippen LogP contribution < -0.4 is 28.8 Å². The van der Waals surface area contributed by atoms with E-state index in [1.807, 2.05) is 4.90 Å². The molecule has 1 aliphatic carbocycles. The number of guanidine groups is 2. The van der Waals surface area contributed by atoms with Crippen molar-refractivity contribution in [3.05, 3.63) is 30.1 Å². The molecule has 0 saturated heterocycles. The third-order valence-electron chi connectivity index (χ3n) is 3.94. The van der Waals surface area contributed by atoms with Crippen LogP contribution in [0.25, 0.3) is 0 Å². The van der Waals surface area contributed by atoms with Gasteiger partial charge in [-0.3, -0.25) is 4.90 Å². The molecule has 1 heterocycles. The fourth-order valence-corrected chi connectivity index (χ4v) is 3.08. The number of benzene rings is 1. The van der Waals surface area contributed by atoms with Crippen molar-refractivity contribution in [2.45, 2.75) is 37.8 Å². The van der Waals surface area contributed by atoms with E-state index in [1.54, 1.807) is 12.1 Å². The van der Waals surface area contributed by atoms with Gasteiger partial charge in [-0.2, -0.15) is 4.99 Å². The first-order valence-electron chi connectivity index (χ1n) is 6.86. The lowest BCUT2D eigenvalue weighted by atomic mass is 9.87. The monoisotopic (exact) mass is 310 g/mol. The number of anilines is 1. The van der Waals surface area contributed by atoms with Crippen molar-refractivity contribution in [2.24, 2.45) is 21.5 Å². The van der Waals surface area contributed by atoms with E-state index in [0.29, 0.717) is 5.96 Å². The highest BCUT2D eigenvalue weighted by Crippen LogP contribution is 2.39. The first kappa shape index (κ1) is 15.6. The van der Waals surface area contributed by atoms with Gasteiger partial charge in [0.1, 0.15) is 11.5 Å². The molecule has 1 aromatic carbocycles. The van der Waals surface area contributed by atoms with Gasteiger partial charge >= 0.3 is 0 Å². The number of hydrogen-bond acceptors (Lipinski definition) is 5. The van der Waals surface area contributed by atoms with Gasteiger partial charge < -0.3 is 23.9 Å². The fourth-order valence-electron chi connectivity index (χ4n) is 3.08. The molecule has 2 aliphatic rings. The Balaban J connectivity index is 0.00000161. The van der Waals surface area contributed by atoms with Crippen LogP contribution >= 0.6 is 0 Å². The zero-order valence-corrected chi connectivity index (χ0v) is 12.4. The molecule has 7 heteroatoms. The maximum absolute atomic E-state index is 13.1. The standard InChI is InChI=1S/C14H18FN5.ClH/c15-10-4-6-11(7-5-10)20-13(17)18-12(16)19-14(20)8-2-1-3-9-14;/h4-7H,1-3,8-9H2,(H4,16,17,18,19);1H/p-1. The molecule has 1 spiro atoms. The van der Waals surface area contributed by atoms with Crippen LogP contribution in [0.2, 0.25) is 0 Å². The topological polar surface area (TPSA) is 80.0 Å². The van der Waals surface area contributed by atoms with Crippen LogP contribution in [0.1, 0.15) is 32.1 Å². The Morgan fingerprint density at radius 3 is 2.29 bits per heavy atom. The van der Waals surface area contributed by atoms with Gasteiger partial charge in [0.25, 0.3) is 0 Å². The Bertz CT molecular complexity index is 563. The van der Waals surface area contributed by atoms with Gasteiger partial charge in [-0.15, -0.1) is 0 Å². The van der Waals surface area contributed by atoms with Crippen LogP contribution in [-0.4, -0.2) is 17.6 Å². The van der Waals surface area contributed by atoms with E-state index in [1.165, 1.54) is 18.6 Å². The predicted octanol–water partition coefficient (Wildman–Crippen LogP) is -1.06. The molecule has 0 radical (unpaired) electrons. The molecular weight excluding hydrogens is 293 g/mol. The molecule has 0 bridgehead atoms. The molecule has 0 atom stereocenters. The number of nitrogens with zero attached hydrogens (tertiary/aromatic N) is 3. The molecule has 3 rings (SSSR count). The summed E-state index contributed by atoms with van der Waals surface area (Å²) in [5, 5.41) is 0. The molecule has 5 nitrogen and oxygen atoms in total. The molecule has 114 valence electrons. The Labute approximate surface area is 129 Å². The SMILES string of the molecule is NC1=NC2(CCCCC2)N(c2ccc(F)cc2)C(N)=N1.[Cl-]. The van der Waals surface area contributed by atoms with Gasteiger partial charge in [0.2, 0.25) is 11.9 Å².